The van der Waals surface area contributed by atoms with Crippen LogP contribution < -0.4 is 15.8 Å². The predicted octanol–water partition coefficient (Wildman–Crippen LogP) is 3.09. The number of amides is 1. The number of rotatable bonds is 8. The molecule has 0 fully saturated rings. The van der Waals surface area contributed by atoms with Crippen molar-refractivity contribution >= 4 is 11.6 Å². The molecule has 1 aromatic heterocycles. The van der Waals surface area contributed by atoms with Crippen LogP contribution in [0.1, 0.15) is 17.9 Å². The van der Waals surface area contributed by atoms with Gasteiger partial charge in [0.2, 0.25) is 17.6 Å². The summed E-state index contributed by atoms with van der Waals surface area (Å²) >= 11 is 0. The van der Waals surface area contributed by atoms with Crippen LogP contribution in [-0.2, 0) is 11.2 Å². The molecule has 3 N–H and O–H groups in total. The molecule has 0 atom stereocenters. The molecule has 8 heteroatoms. The summed E-state index contributed by atoms with van der Waals surface area (Å²) in [5.41, 5.74) is 7.22. The number of benzene rings is 2. The highest BCUT2D eigenvalue weighted by atomic mass is 19.1. The first kappa shape index (κ1) is 19.5. The summed E-state index contributed by atoms with van der Waals surface area (Å²) in [5.74, 6) is 0.943. The van der Waals surface area contributed by atoms with Gasteiger partial charge in [-0.3, -0.25) is 4.79 Å². The van der Waals surface area contributed by atoms with E-state index in [2.05, 4.69) is 15.5 Å². The van der Waals surface area contributed by atoms with Crippen molar-refractivity contribution in [2.75, 3.05) is 18.5 Å². The lowest BCUT2D eigenvalue weighted by Crippen LogP contribution is -2.13. The normalized spacial score (nSPS) is 10.7. The lowest BCUT2D eigenvalue weighted by Gasteiger charge is -2.07. The third kappa shape index (κ3) is 5.14. The standard InChI is InChI=1S/C20H21FN4O3/c1-13-12-14(2-7-17(13)21)20-24-19(28-25-20)9-8-18(26)23-15-3-5-16(6-4-15)27-11-10-22/h2-7,12H,8-11,22H2,1H3,(H,23,26). The van der Waals surface area contributed by atoms with Gasteiger partial charge in [0.25, 0.3) is 0 Å². The number of carbonyl (C=O) groups excluding carboxylic acids is 1. The van der Waals surface area contributed by atoms with Crippen molar-refractivity contribution < 1.29 is 18.4 Å². The number of hydrogen-bond donors (Lipinski definition) is 2. The topological polar surface area (TPSA) is 103 Å². The third-order valence-electron chi connectivity index (χ3n) is 3.97. The van der Waals surface area contributed by atoms with Crippen molar-refractivity contribution in [1.29, 1.82) is 0 Å². The second kappa shape index (κ2) is 9.09. The maximum absolute atomic E-state index is 13.4. The molecule has 28 heavy (non-hydrogen) atoms. The van der Waals surface area contributed by atoms with Crippen molar-refractivity contribution in [3.8, 4) is 17.1 Å². The molecular formula is C20H21FN4O3. The Morgan fingerprint density at radius 3 is 2.75 bits per heavy atom. The van der Waals surface area contributed by atoms with Gasteiger partial charge in [-0.1, -0.05) is 5.16 Å². The molecule has 3 aromatic rings. The fourth-order valence-corrected chi connectivity index (χ4v) is 2.51. The van der Waals surface area contributed by atoms with Gasteiger partial charge in [0.05, 0.1) is 0 Å². The summed E-state index contributed by atoms with van der Waals surface area (Å²) < 4.78 is 23.9. The Kier molecular flexibility index (Phi) is 6.33. The Morgan fingerprint density at radius 2 is 2.04 bits per heavy atom. The van der Waals surface area contributed by atoms with Gasteiger partial charge in [0.1, 0.15) is 18.2 Å². The van der Waals surface area contributed by atoms with Gasteiger partial charge >= 0.3 is 0 Å². The molecular weight excluding hydrogens is 363 g/mol. The molecule has 0 aliphatic rings. The monoisotopic (exact) mass is 384 g/mol. The van der Waals surface area contributed by atoms with Crippen LogP contribution >= 0.6 is 0 Å². The molecule has 0 spiro atoms. The number of ether oxygens (including phenoxy) is 1. The first-order valence-corrected chi connectivity index (χ1v) is 8.87. The minimum atomic E-state index is -0.289. The Bertz CT molecular complexity index is 941. The molecule has 2 aromatic carbocycles. The Balaban J connectivity index is 1.52. The van der Waals surface area contributed by atoms with Crippen LogP contribution in [0.4, 0.5) is 10.1 Å². The van der Waals surface area contributed by atoms with E-state index in [1.54, 1.807) is 43.3 Å². The van der Waals surface area contributed by atoms with Crippen LogP contribution in [0.2, 0.25) is 0 Å². The number of aryl methyl sites for hydroxylation is 2. The van der Waals surface area contributed by atoms with E-state index in [9.17, 15) is 9.18 Å². The van der Waals surface area contributed by atoms with Crippen LogP contribution in [0.25, 0.3) is 11.4 Å². The minimum Gasteiger partial charge on any atom is -0.492 e. The number of nitrogens with two attached hydrogens (primary N) is 1. The quantitative estimate of drug-likeness (QED) is 0.619. The average Bonchev–Trinajstić information content (AvgIpc) is 3.17. The van der Waals surface area contributed by atoms with Crippen molar-refractivity contribution in [2.24, 2.45) is 5.73 Å². The van der Waals surface area contributed by atoms with Crippen molar-refractivity contribution in [2.45, 2.75) is 19.8 Å². The third-order valence-corrected chi connectivity index (χ3v) is 3.97. The Morgan fingerprint density at radius 1 is 1.25 bits per heavy atom. The second-order valence-electron chi connectivity index (χ2n) is 6.19. The highest BCUT2D eigenvalue weighted by Crippen LogP contribution is 2.20. The number of nitrogens with zero attached hydrogens (tertiary/aromatic N) is 2. The zero-order valence-electron chi connectivity index (χ0n) is 15.4. The largest absolute Gasteiger partial charge is 0.492 e. The van der Waals surface area contributed by atoms with E-state index >= 15 is 0 Å². The SMILES string of the molecule is Cc1cc(-c2noc(CCC(=O)Nc3ccc(OCCN)cc3)n2)ccc1F. The molecule has 0 aliphatic heterocycles. The lowest BCUT2D eigenvalue weighted by molar-refractivity contribution is -0.116. The lowest BCUT2D eigenvalue weighted by atomic mass is 10.1. The highest BCUT2D eigenvalue weighted by molar-refractivity contribution is 5.90. The van der Waals surface area contributed by atoms with Crippen LogP contribution in [0, 0.1) is 12.7 Å². The van der Waals surface area contributed by atoms with Gasteiger partial charge in [-0.25, -0.2) is 4.39 Å². The predicted molar refractivity (Wildman–Crippen MR) is 102 cm³/mol. The zero-order valence-corrected chi connectivity index (χ0v) is 15.4. The van der Waals surface area contributed by atoms with Gasteiger partial charge < -0.3 is 20.3 Å². The molecule has 0 radical (unpaired) electrons. The van der Waals surface area contributed by atoms with Gasteiger partial charge in [0.15, 0.2) is 0 Å². The van der Waals surface area contributed by atoms with E-state index < -0.39 is 0 Å². The summed E-state index contributed by atoms with van der Waals surface area (Å²) in [6, 6.07) is 11.6. The molecule has 7 nitrogen and oxygen atoms in total. The van der Waals surface area contributed by atoms with Crippen LogP contribution in [-0.4, -0.2) is 29.2 Å². The smallest absolute Gasteiger partial charge is 0.227 e. The number of halogens is 1. The van der Waals surface area contributed by atoms with Gasteiger partial charge in [0, 0.05) is 30.6 Å². The summed E-state index contributed by atoms with van der Waals surface area (Å²) in [6.45, 7) is 2.55. The molecule has 0 saturated heterocycles. The number of hydrogen-bond acceptors (Lipinski definition) is 6. The van der Waals surface area contributed by atoms with Crippen molar-refractivity contribution in [1.82, 2.24) is 10.1 Å². The number of carbonyl (C=O) groups is 1. The van der Waals surface area contributed by atoms with Gasteiger partial charge in [-0.05, 0) is 55.0 Å². The molecule has 146 valence electrons. The molecule has 0 bridgehead atoms. The fourth-order valence-electron chi connectivity index (χ4n) is 2.51. The fraction of sp³-hybridized carbons (Fsp3) is 0.250. The zero-order chi connectivity index (χ0) is 19.9. The summed E-state index contributed by atoms with van der Waals surface area (Å²) in [4.78, 5) is 16.4. The summed E-state index contributed by atoms with van der Waals surface area (Å²) in [7, 11) is 0. The first-order chi connectivity index (χ1) is 13.5. The average molecular weight is 384 g/mol. The maximum Gasteiger partial charge on any atom is 0.227 e. The molecule has 1 heterocycles. The molecule has 1 amide bonds. The Hall–Kier alpha value is -3.26. The van der Waals surface area contributed by atoms with E-state index in [-0.39, 0.29) is 18.1 Å². The van der Waals surface area contributed by atoms with E-state index in [0.29, 0.717) is 53.9 Å². The number of nitrogens with one attached hydrogen (secondary N) is 1. The summed E-state index contributed by atoms with van der Waals surface area (Å²) in [5, 5.41) is 6.69. The minimum absolute atomic E-state index is 0.173. The van der Waals surface area contributed by atoms with Crippen LogP contribution in [0.15, 0.2) is 47.0 Å². The van der Waals surface area contributed by atoms with Crippen molar-refractivity contribution in [3.63, 3.8) is 0 Å². The Labute approximate surface area is 161 Å². The van der Waals surface area contributed by atoms with E-state index in [0.717, 1.165) is 0 Å². The molecule has 0 saturated carbocycles. The molecule has 0 aliphatic carbocycles. The molecule has 0 unspecified atom stereocenters. The number of aromatic nitrogens is 2. The van der Waals surface area contributed by atoms with Gasteiger partial charge in [-0.15, -0.1) is 0 Å². The second-order valence-corrected chi connectivity index (χ2v) is 6.19. The van der Waals surface area contributed by atoms with Crippen LogP contribution in [0.5, 0.6) is 5.75 Å². The van der Waals surface area contributed by atoms with E-state index in [1.807, 2.05) is 0 Å². The highest BCUT2D eigenvalue weighted by Gasteiger charge is 2.12. The van der Waals surface area contributed by atoms with E-state index in [4.69, 9.17) is 15.0 Å². The van der Waals surface area contributed by atoms with E-state index in [1.165, 1.54) is 6.07 Å². The van der Waals surface area contributed by atoms with Gasteiger partial charge in [-0.2, -0.15) is 4.98 Å². The molecule has 3 rings (SSSR count). The van der Waals surface area contributed by atoms with Crippen LogP contribution in [0.3, 0.4) is 0 Å². The number of anilines is 1. The summed E-state index contributed by atoms with van der Waals surface area (Å²) in [6.07, 6.45) is 0.492. The maximum atomic E-state index is 13.4. The van der Waals surface area contributed by atoms with Crippen molar-refractivity contribution in [3.05, 3.63) is 59.7 Å². The first-order valence-electron chi connectivity index (χ1n) is 8.87.